The molecule has 0 fully saturated rings. The van der Waals surface area contributed by atoms with Gasteiger partial charge in [0.1, 0.15) is 0 Å². The van der Waals surface area contributed by atoms with E-state index in [2.05, 4.69) is 4.21 Å². The van der Waals surface area contributed by atoms with Gasteiger partial charge in [0.05, 0.1) is 0 Å². The molecular formula is H6KO4PSi. The van der Waals surface area contributed by atoms with Crippen molar-refractivity contribution < 1.29 is 18.6 Å². The molecule has 0 aliphatic rings. The van der Waals surface area contributed by atoms with Crippen LogP contribution in [0, 0.1) is 0 Å². The second kappa shape index (κ2) is 4.81. The molecule has 0 aromatic carbocycles. The van der Waals surface area contributed by atoms with Gasteiger partial charge in [-0.1, -0.05) is 0 Å². The summed E-state index contributed by atoms with van der Waals surface area (Å²) in [6.45, 7) is 0. The van der Waals surface area contributed by atoms with Crippen molar-refractivity contribution in [3.63, 3.8) is 0 Å². The van der Waals surface area contributed by atoms with E-state index in [4.69, 9.17) is 9.79 Å². The Hall–Kier alpha value is 1.96. The maximum atomic E-state index is 9.51. The number of hydrogen-bond donors (Lipinski definition) is 2. The van der Waals surface area contributed by atoms with Crippen molar-refractivity contribution in [1.82, 2.24) is 0 Å². The molecule has 0 heterocycles. The van der Waals surface area contributed by atoms with Crippen molar-refractivity contribution in [2.45, 2.75) is 0 Å². The Bertz CT molecular complexity index is 75.8. The van der Waals surface area contributed by atoms with Gasteiger partial charge in [0.25, 0.3) is 0 Å². The molecule has 0 atom stereocenters. The molecular weight excluding hydrogens is 162 g/mol. The number of hydrogen-bond acceptors (Lipinski definition) is 2. The minimum absolute atomic E-state index is 0. The molecule has 0 aromatic heterocycles. The Morgan fingerprint density at radius 2 is 1.71 bits per heavy atom. The Morgan fingerprint density at radius 3 is 1.71 bits per heavy atom. The van der Waals surface area contributed by atoms with Crippen molar-refractivity contribution in [3.05, 3.63) is 0 Å². The SMILES string of the molecule is O=P(O)(O)O[SiH3].[KH]. The van der Waals surface area contributed by atoms with Gasteiger partial charge in [-0.05, 0) is 0 Å². The first-order valence-corrected chi connectivity index (χ1v) is 3.52. The molecule has 0 rings (SSSR count). The molecule has 7 heteroatoms. The summed E-state index contributed by atoms with van der Waals surface area (Å²) < 4.78 is 13.2. The predicted octanol–water partition coefficient (Wildman–Crippen LogP) is -2.27. The van der Waals surface area contributed by atoms with Crippen LogP contribution in [0.1, 0.15) is 0 Å². The molecule has 4 nitrogen and oxygen atoms in total. The zero-order valence-corrected chi connectivity index (χ0v) is 6.05. The van der Waals surface area contributed by atoms with Gasteiger partial charge in [0.15, 0.2) is 10.5 Å². The van der Waals surface area contributed by atoms with E-state index in [1.807, 2.05) is 0 Å². The van der Waals surface area contributed by atoms with E-state index in [9.17, 15) is 4.57 Å². The van der Waals surface area contributed by atoms with Crippen LogP contribution in [0.4, 0.5) is 0 Å². The summed E-state index contributed by atoms with van der Waals surface area (Å²) in [7, 11) is -4.00. The molecule has 0 spiro atoms. The molecule has 0 aliphatic heterocycles. The van der Waals surface area contributed by atoms with Crippen molar-refractivity contribution in [3.8, 4) is 0 Å². The van der Waals surface area contributed by atoms with Crippen LogP contribution in [0.2, 0.25) is 0 Å². The molecule has 0 saturated heterocycles. The van der Waals surface area contributed by atoms with Crippen molar-refractivity contribution in [2.75, 3.05) is 0 Å². The fourth-order valence-corrected chi connectivity index (χ4v) is 0. The van der Waals surface area contributed by atoms with Gasteiger partial charge < -0.3 is 14.0 Å². The molecule has 0 saturated carbocycles. The van der Waals surface area contributed by atoms with Gasteiger partial charge in [0.2, 0.25) is 0 Å². The fraction of sp³-hybridized carbons (Fsp3) is 0. The number of rotatable bonds is 1. The average molecular weight is 168 g/mol. The molecule has 0 aromatic rings. The van der Waals surface area contributed by atoms with Crippen LogP contribution in [0.15, 0.2) is 0 Å². The average Bonchev–Trinajstić information content (AvgIpc) is 1.35. The van der Waals surface area contributed by atoms with E-state index in [0.717, 1.165) is 0 Å². The van der Waals surface area contributed by atoms with Crippen LogP contribution in [0.25, 0.3) is 0 Å². The quantitative estimate of drug-likeness (QED) is 0.342. The molecule has 0 amide bonds. The van der Waals surface area contributed by atoms with E-state index in [0.29, 0.717) is 0 Å². The molecule has 0 radical (unpaired) electrons. The Morgan fingerprint density at radius 1 is 1.57 bits per heavy atom. The summed E-state index contributed by atoms with van der Waals surface area (Å²) in [4.78, 5) is 15.5. The second-order valence-corrected chi connectivity index (χ2v) is 3.11. The third-order valence-corrected chi connectivity index (χ3v) is 2.14. The van der Waals surface area contributed by atoms with Crippen LogP contribution in [-0.4, -0.2) is 71.7 Å². The topological polar surface area (TPSA) is 66.8 Å². The standard InChI is InChI=1S/K.H5O4PSi.H/c;1-5(2,3)4-6;/h;6H3,(H2,1,2,3);. The molecule has 2 N–H and O–H groups in total. The monoisotopic (exact) mass is 168 g/mol. The van der Waals surface area contributed by atoms with Gasteiger partial charge in [-0.25, -0.2) is 4.57 Å². The van der Waals surface area contributed by atoms with Gasteiger partial charge in [0, 0.05) is 0 Å². The normalized spacial score (nSPS) is 10.6. The van der Waals surface area contributed by atoms with E-state index >= 15 is 0 Å². The molecule has 7 heavy (non-hydrogen) atoms. The van der Waals surface area contributed by atoms with Crippen molar-refractivity contribution in [1.29, 1.82) is 0 Å². The predicted molar refractivity (Wildman–Crippen MR) is 30.2 cm³/mol. The molecule has 0 aliphatic carbocycles. The molecule has 0 unspecified atom stereocenters. The Kier molecular flexibility index (Phi) is 8.05. The van der Waals surface area contributed by atoms with Crippen LogP contribution >= 0.6 is 7.82 Å². The van der Waals surface area contributed by atoms with Crippen LogP contribution in [0.5, 0.6) is 0 Å². The summed E-state index contributed by atoms with van der Waals surface area (Å²) >= 11 is 0. The van der Waals surface area contributed by atoms with Crippen molar-refractivity contribution >= 4 is 69.7 Å². The third kappa shape index (κ3) is 11.5. The second-order valence-electron chi connectivity index (χ2n) is 0.673. The van der Waals surface area contributed by atoms with Gasteiger partial charge >= 0.3 is 59.2 Å². The zero-order chi connectivity index (χ0) is 5.21. The van der Waals surface area contributed by atoms with Gasteiger partial charge in [-0.3, -0.25) is 0 Å². The van der Waals surface area contributed by atoms with Gasteiger partial charge in [-0.2, -0.15) is 0 Å². The number of phosphoric acid groups is 1. The van der Waals surface area contributed by atoms with Gasteiger partial charge in [-0.15, -0.1) is 0 Å². The fourth-order valence-electron chi connectivity index (χ4n) is 0. The molecule has 0 bridgehead atoms. The summed E-state index contributed by atoms with van der Waals surface area (Å²) in [5.74, 6) is 0. The summed E-state index contributed by atoms with van der Waals surface area (Å²) in [6.07, 6.45) is 0. The summed E-state index contributed by atoms with van der Waals surface area (Å²) in [6, 6.07) is 0. The zero-order valence-electron chi connectivity index (χ0n) is 3.16. The first-order chi connectivity index (χ1) is 2.56. The summed E-state index contributed by atoms with van der Waals surface area (Å²) in [5.41, 5.74) is 0. The van der Waals surface area contributed by atoms with E-state index in [1.165, 1.54) is 0 Å². The van der Waals surface area contributed by atoms with Crippen LogP contribution in [0.3, 0.4) is 0 Å². The van der Waals surface area contributed by atoms with E-state index < -0.39 is 7.82 Å². The van der Waals surface area contributed by atoms with E-state index in [-0.39, 0.29) is 61.9 Å². The Labute approximate surface area is 86.8 Å². The molecule has 40 valence electrons. The van der Waals surface area contributed by atoms with Crippen LogP contribution < -0.4 is 0 Å². The minimum atomic E-state index is -4.08. The first kappa shape index (κ1) is 11.7. The maximum absolute atomic E-state index is 9.51. The third-order valence-electron chi connectivity index (χ3n) is 0.238. The summed E-state index contributed by atoms with van der Waals surface area (Å²) in [5, 5.41) is 0. The first-order valence-electron chi connectivity index (χ1n) is 1.17. The van der Waals surface area contributed by atoms with E-state index in [1.54, 1.807) is 0 Å². The van der Waals surface area contributed by atoms with Crippen LogP contribution in [-0.2, 0) is 8.78 Å². The Balaban J connectivity index is 0. The van der Waals surface area contributed by atoms with Crippen molar-refractivity contribution in [2.24, 2.45) is 0 Å².